The van der Waals surface area contributed by atoms with Crippen molar-refractivity contribution in [3.63, 3.8) is 0 Å². The number of esters is 4. The van der Waals surface area contributed by atoms with Gasteiger partial charge in [-0.25, -0.2) is 9.13 Å². The number of rotatable bonds is 72. The van der Waals surface area contributed by atoms with Crippen molar-refractivity contribution in [2.24, 2.45) is 0 Å². The van der Waals surface area contributed by atoms with Gasteiger partial charge in [0.05, 0.1) is 26.4 Å². The quantitative estimate of drug-likeness (QED) is 0.0169. The second-order valence-corrected chi connectivity index (χ2v) is 28.4. The third-order valence-corrected chi connectivity index (χ3v) is 17.3. The normalized spacial score (nSPS) is 15.0. The fraction of sp³-hybridized carbons (Fsp3) is 0.551. The summed E-state index contributed by atoms with van der Waals surface area (Å²) in [5.41, 5.74) is 0. The molecule has 0 heterocycles. The van der Waals surface area contributed by atoms with E-state index in [4.69, 9.17) is 37.0 Å². The number of aliphatic hydroxyl groups is 1. The van der Waals surface area contributed by atoms with E-state index in [0.29, 0.717) is 44.9 Å². The monoisotopic (exact) mass is 1540 g/mol. The Labute approximate surface area is 651 Å². The van der Waals surface area contributed by atoms with Crippen molar-refractivity contribution < 1.29 is 80.2 Å². The fourth-order valence-corrected chi connectivity index (χ4v) is 11.0. The number of aliphatic hydroxyl groups excluding tert-OH is 1. The molecule has 0 aromatic carbocycles. The van der Waals surface area contributed by atoms with E-state index in [0.717, 1.165) is 141 Å². The molecule has 5 atom stereocenters. The van der Waals surface area contributed by atoms with Crippen molar-refractivity contribution in [2.75, 3.05) is 39.6 Å². The highest BCUT2D eigenvalue weighted by Crippen LogP contribution is 2.45. The highest BCUT2D eigenvalue weighted by atomic mass is 31.2. The standard InChI is InChI=1S/C89H138O17P2/c1-5-9-13-17-21-25-29-33-37-40-41-44-47-50-54-58-62-66-70-74-87(92)100-80-85(106-89(94)76-72-68-64-60-56-52-48-43-39-35-31-27-23-19-15-11-7-3)82-104-108(97,98)102-78-83(90)77-101-107(95,96)103-81-84(105-88(93)75-71-67-63-59-55-51-45-36-32-28-24-20-16-12-8-4)79-99-86(91)73-69-65-61-57-53-49-46-42-38-34-30-26-22-18-14-10-6-2/h9-11,13-15,21-28,33-39,41,44-46,48-50,52,54,57,60-62,64,66,83-85,90H,5-8,12,16-20,29-32,40,42-43,47,51,53,55-56,58-59,63,65,67-82H2,1-4H3,(H,95,96)(H,97,98)/b13-9-,14-10-,15-11-,25-21-,26-22-,27-23-,28-24-,37-33-,38-34-,39-35-,44-41-,45-36-,49-46-,52-48-,54-50-,61-57-,64-60-,66-62-. The second kappa shape index (κ2) is 78.5. The first-order valence-corrected chi connectivity index (χ1v) is 43.0. The van der Waals surface area contributed by atoms with Crippen LogP contribution in [0.1, 0.15) is 259 Å². The van der Waals surface area contributed by atoms with E-state index >= 15 is 0 Å². The Bertz CT molecular complexity index is 2910. The summed E-state index contributed by atoms with van der Waals surface area (Å²) in [5, 5.41) is 10.6. The Morgan fingerprint density at radius 2 is 0.509 bits per heavy atom. The molecule has 0 aromatic heterocycles. The first-order chi connectivity index (χ1) is 52.7. The van der Waals surface area contributed by atoms with Crippen LogP contribution in [0.3, 0.4) is 0 Å². The zero-order chi connectivity index (χ0) is 78.9. The Morgan fingerprint density at radius 1 is 0.269 bits per heavy atom. The summed E-state index contributed by atoms with van der Waals surface area (Å²) in [4.78, 5) is 73.0. The zero-order valence-electron chi connectivity index (χ0n) is 66.2. The molecule has 0 aliphatic rings. The van der Waals surface area contributed by atoms with E-state index in [2.05, 4.69) is 204 Å². The lowest BCUT2D eigenvalue weighted by atomic mass is 10.1. The van der Waals surface area contributed by atoms with Gasteiger partial charge in [0, 0.05) is 25.7 Å². The molecule has 3 N–H and O–H groups in total. The van der Waals surface area contributed by atoms with Crippen molar-refractivity contribution in [3.05, 3.63) is 219 Å². The minimum atomic E-state index is -5.03. The third-order valence-electron chi connectivity index (χ3n) is 15.4. The molecular formula is C89H138O17P2. The molecule has 0 radical (unpaired) electrons. The number of hydrogen-bond donors (Lipinski definition) is 3. The van der Waals surface area contributed by atoms with Crippen molar-refractivity contribution in [2.45, 2.75) is 277 Å². The Hall–Kier alpha value is -6.62. The predicted molar refractivity (Wildman–Crippen MR) is 445 cm³/mol. The lowest BCUT2D eigenvalue weighted by Crippen LogP contribution is -2.30. The number of phosphoric acid groups is 2. The van der Waals surface area contributed by atoms with Crippen LogP contribution in [0.15, 0.2) is 219 Å². The molecule has 19 heteroatoms. The molecule has 0 amide bonds. The van der Waals surface area contributed by atoms with Gasteiger partial charge >= 0.3 is 39.5 Å². The molecule has 606 valence electrons. The van der Waals surface area contributed by atoms with Crippen LogP contribution in [0.4, 0.5) is 0 Å². The summed E-state index contributed by atoms with van der Waals surface area (Å²) >= 11 is 0. The van der Waals surface area contributed by atoms with Gasteiger partial charge in [0.25, 0.3) is 0 Å². The van der Waals surface area contributed by atoms with Crippen LogP contribution in [0.2, 0.25) is 0 Å². The molecule has 0 aromatic rings. The molecule has 0 fully saturated rings. The highest BCUT2D eigenvalue weighted by molar-refractivity contribution is 7.47. The smallest absolute Gasteiger partial charge is 0.462 e. The van der Waals surface area contributed by atoms with E-state index in [9.17, 15) is 43.2 Å². The summed E-state index contributed by atoms with van der Waals surface area (Å²) < 4.78 is 68.4. The van der Waals surface area contributed by atoms with Gasteiger partial charge in [-0.2, -0.15) is 0 Å². The topological polar surface area (TPSA) is 237 Å². The number of carbonyl (C=O) groups excluding carboxylic acids is 4. The van der Waals surface area contributed by atoms with Gasteiger partial charge < -0.3 is 33.8 Å². The SMILES string of the molecule is CC/C=C\C/C=C\C/C=C\C/C=C\C/C=C\C/C=C\CCC(=O)OCC(COP(=O)(O)OCC(O)COP(=O)(O)OCC(COC(=O)CCC/C=C\C/C=C\C/C=C\C/C=C\C/C=C\CC)OC(=O)CCCCCCC/C=C\C/C=C\CCCCC)OC(=O)CCC/C=C\C/C=C\C/C=C\C/C=C\C/C=C\CC. The van der Waals surface area contributed by atoms with Crippen LogP contribution in [-0.4, -0.2) is 96.7 Å². The van der Waals surface area contributed by atoms with E-state index in [-0.39, 0.29) is 25.7 Å². The van der Waals surface area contributed by atoms with Crippen molar-refractivity contribution in [3.8, 4) is 0 Å². The maximum Gasteiger partial charge on any atom is 0.472 e. The van der Waals surface area contributed by atoms with Gasteiger partial charge in [0.15, 0.2) is 12.2 Å². The lowest BCUT2D eigenvalue weighted by molar-refractivity contribution is -0.161. The zero-order valence-corrected chi connectivity index (χ0v) is 68.0. The molecule has 0 rings (SSSR count). The molecule has 0 saturated carbocycles. The Morgan fingerprint density at radius 3 is 0.833 bits per heavy atom. The summed E-state index contributed by atoms with van der Waals surface area (Å²) in [6, 6.07) is 0. The Balaban J connectivity index is 5.58. The highest BCUT2D eigenvalue weighted by Gasteiger charge is 2.30. The summed E-state index contributed by atoms with van der Waals surface area (Å²) in [7, 11) is -10.0. The average molecular weight is 1540 g/mol. The van der Waals surface area contributed by atoms with Crippen molar-refractivity contribution in [1.29, 1.82) is 0 Å². The van der Waals surface area contributed by atoms with Crippen LogP contribution in [0.25, 0.3) is 0 Å². The lowest BCUT2D eigenvalue weighted by Gasteiger charge is -2.21. The molecule has 0 aliphatic carbocycles. The summed E-state index contributed by atoms with van der Waals surface area (Å²) in [5.74, 6) is -2.45. The number of hydrogen-bond acceptors (Lipinski definition) is 15. The summed E-state index contributed by atoms with van der Waals surface area (Å²) in [6.45, 7) is 4.23. The van der Waals surface area contributed by atoms with Crippen LogP contribution >= 0.6 is 15.6 Å². The minimum Gasteiger partial charge on any atom is -0.462 e. The van der Waals surface area contributed by atoms with Crippen LogP contribution in [-0.2, 0) is 65.4 Å². The number of ether oxygens (including phenoxy) is 4. The predicted octanol–water partition coefficient (Wildman–Crippen LogP) is 23.7. The number of carbonyl (C=O) groups is 4. The molecule has 0 saturated heterocycles. The van der Waals surface area contributed by atoms with Gasteiger partial charge in [-0.05, 0) is 173 Å². The maximum absolute atomic E-state index is 13.1. The maximum atomic E-state index is 13.1. The summed E-state index contributed by atoms with van der Waals surface area (Å²) in [6.07, 6.45) is 99.5. The Kier molecular flexibility index (Phi) is 73.7. The van der Waals surface area contributed by atoms with Gasteiger partial charge in [-0.1, -0.05) is 279 Å². The van der Waals surface area contributed by atoms with E-state index in [1.807, 2.05) is 42.5 Å². The third kappa shape index (κ3) is 77.5. The molecule has 5 unspecified atom stereocenters. The molecule has 108 heavy (non-hydrogen) atoms. The fourth-order valence-electron chi connectivity index (χ4n) is 9.46. The van der Waals surface area contributed by atoms with Crippen molar-refractivity contribution in [1.82, 2.24) is 0 Å². The van der Waals surface area contributed by atoms with Gasteiger partial charge in [-0.3, -0.25) is 37.3 Å². The molecule has 17 nitrogen and oxygen atoms in total. The van der Waals surface area contributed by atoms with Crippen LogP contribution < -0.4 is 0 Å². The first kappa shape index (κ1) is 101. The van der Waals surface area contributed by atoms with E-state index in [1.54, 1.807) is 0 Å². The van der Waals surface area contributed by atoms with E-state index in [1.165, 1.54) is 19.3 Å². The minimum absolute atomic E-state index is 0.0108. The first-order valence-electron chi connectivity index (χ1n) is 40.0. The molecular weight excluding hydrogens is 1400 g/mol. The molecule has 0 aliphatic heterocycles. The average Bonchev–Trinajstić information content (AvgIpc) is 0.906. The van der Waals surface area contributed by atoms with Gasteiger partial charge in [-0.15, -0.1) is 0 Å². The number of allylic oxidation sites excluding steroid dienone is 36. The molecule has 0 spiro atoms. The number of phosphoric ester groups is 2. The second-order valence-electron chi connectivity index (χ2n) is 25.5. The number of unbranched alkanes of at least 4 members (excludes halogenated alkanes) is 10. The van der Waals surface area contributed by atoms with Crippen molar-refractivity contribution >= 4 is 39.5 Å². The largest absolute Gasteiger partial charge is 0.472 e. The van der Waals surface area contributed by atoms with Gasteiger partial charge in [0.1, 0.15) is 19.3 Å². The van der Waals surface area contributed by atoms with Crippen LogP contribution in [0.5, 0.6) is 0 Å². The van der Waals surface area contributed by atoms with Gasteiger partial charge in [0.2, 0.25) is 0 Å². The molecule has 0 bridgehead atoms. The van der Waals surface area contributed by atoms with Crippen LogP contribution in [0, 0.1) is 0 Å². The van der Waals surface area contributed by atoms with E-state index < -0.39 is 97.5 Å².